The van der Waals surface area contributed by atoms with Gasteiger partial charge in [0.25, 0.3) is 0 Å². The van der Waals surface area contributed by atoms with Crippen molar-refractivity contribution in [2.75, 3.05) is 31.7 Å². The fourth-order valence-electron chi connectivity index (χ4n) is 2.00. The van der Waals surface area contributed by atoms with Gasteiger partial charge in [0.1, 0.15) is 0 Å². The standard InChI is InChI=1S/C14H23N3O2.C2H6/c1-4-10-6-7-12(15)14(16)11(10)8-17(3)9-13(18)19-5-2;1-2/h6-7H,4-5,8-9,15-16H2,1-3H3;1-2H3. The smallest absolute Gasteiger partial charge is 0.320 e. The lowest BCUT2D eigenvalue weighted by molar-refractivity contribution is -0.144. The molecule has 0 amide bonds. The van der Waals surface area contributed by atoms with Crippen LogP contribution in [0.1, 0.15) is 38.8 Å². The number of hydrogen-bond donors (Lipinski definition) is 2. The number of hydrogen-bond acceptors (Lipinski definition) is 5. The molecular formula is C16H29N3O2. The van der Waals surface area contributed by atoms with Gasteiger partial charge in [0, 0.05) is 6.54 Å². The molecule has 0 aliphatic rings. The maximum absolute atomic E-state index is 11.4. The highest BCUT2D eigenvalue weighted by Crippen LogP contribution is 2.25. The van der Waals surface area contributed by atoms with E-state index in [-0.39, 0.29) is 12.5 Å². The topological polar surface area (TPSA) is 81.6 Å². The molecule has 0 saturated heterocycles. The molecule has 0 unspecified atom stereocenters. The summed E-state index contributed by atoms with van der Waals surface area (Å²) in [6, 6.07) is 3.81. The number of nitrogens with two attached hydrogens (primary N) is 2. The van der Waals surface area contributed by atoms with Gasteiger partial charge in [0.2, 0.25) is 0 Å². The van der Waals surface area contributed by atoms with Crippen molar-refractivity contribution in [2.24, 2.45) is 0 Å². The van der Waals surface area contributed by atoms with E-state index in [1.165, 1.54) is 0 Å². The highest BCUT2D eigenvalue weighted by atomic mass is 16.5. The Kier molecular flexibility index (Phi) is 9.21. The molecule has 120 valence electrons. The quantitative estimate of drug-likeness (QED) is 0.622. The van der Waals surface area contributed by atoms with Gasteiger partial charge < -0.3 is 16.2 Å². The summed E-state index contributed by atoms with van der Waals surface area (Å²) < 4.78 is 4.92. The van der Waals surface area contributed by atoms with Crippen molar-refractivity contribution in [3.8, 4) is 0 Å². The average molecular weight is 295 g/mol. The van der Waals surface area contributed by atoms with Gasteiger partial charge in [-0.05, 0) is 37.6 Å². The number of aryl methyl sites for hydroxylation is 1. The first kappa shape index (κ1) is 19.2. The number of anilines is 2. The van der Waals surface area contributed by atoms with E-state index in [9.17, 15) is 4.79 Å². The fraction of sp³-hybridized carbons (Fsp3) is 0.562. The first-order chi connectivity index (χ1) is 9.99. The van der Waals surface area contributed by atoms with Crippen LogP contribution in [-0.2, 0) is 22.5 Å². The van der Waals surface area contributed by atoms with Crippen LogP contribution in [0.5, 0.6) is 0 Å². The Hall–Kier alpha value is -1.75. The van der Waals surface area contributed by atoms with Crippen LogP contribution < -0.4 is 11.5 Å². The number of nitrogen functional groups attached to an aromatic ring is 2. The normalized spacial score (nSPS) is 10.0. The monoisotopic (exact) mass is 295 g/mol. The molecule has 0 fully saturated rings. The molecule has 1 aromatic rings. The highest BCUT2D eigenvalue weighted by Gasteiger charge is 2.13. The third-order valence-electron chi connectivity index (χ3n) is 3.00. The molecule has 1 rings (SSSR count). The van der Waals surface area contributed by atoms with Crippen molar-refractivity contribution in [1.29, 1.82) is 0 Å². The molecular weight excluding hydrogens is 266 g/mol. The van der Waals surface area contributed by atoms with E-state index in [1.54, 1.807) is 6.92 Å². The number of carbonyl (C=O) groups is 1. The molecule has 5 nitrogen and oxygen atoms in total. The predicted octanol–water partition coefficient (Wildman–Crippen LogP) is 2.43. The summed E-state index contributed by atoms with van der Waals surface area (Å²) in [5, 5.41) is 0. The van der Waals surface area contributed by atoms with Crippen molar-refractivity contribution in [2.45, 2.75) is 40.7 Å². The van der Waals surface area contributed by atoms with E-state index in [2.05, 4.69) is 6.92 Å². The van der Waals surface area contributed by atoms with Gasteiger partial charge >= 0.3 is 5.97 Å². The van der Waals surface area contributed by atoms with Crippen LogP contribution in [0.15, 0.2) is 12.1 Å². The number of esters is 1. The Labute approximate surface area is 128 Å². The van der Waals surface area contributed by atoms with Crippen LogP contribution in [0.2, 0.25) is 0 Å². The lowest BCUT2D eigenvalue weighted by atomic mass is 10.0. The summed E-state index contributed by atoms with van der Waals surface area (Å²) in [6.07, 6.45) is 0.882. The first-order valence-corrected chi connectivity index (χ1v) is 7.49. The Morgan fingerprint density at radius 1 is 1.24 bits per heavy atom. The Morgan fingerprint density at radius 2 is 1.86 bits per heavy atom. The van der Waals surface area contributed by atoms with E-state index in [0.29, 0.717) is 24.5 Å². The van der Waals surface area contributed by atoms with Gasteiger partial charge in [-0.3, -0.25) is 9.69 Å². The molecule has 4 N–H and O–H groups in total. The molecule has 21 heavy (non-hydrogen) atoms. The van der Waals surface area contributed by atoms with Crippen LogP contribution in [-0.4, -0.2) is 31.1 Å². The molecule has 0 heterocycles. The van der Waals surface area contributed by atoms with Crippen LogP contribution in [0.4, 0.5) is 11.4 Å². The van der Waals surface area contributed by atoms with E-state index in [4.69, 9.17) is 16.2 Å². The Bertz CT molecular complexity index is 447. The lowest BCUT2D eigenvalue weighted by Crippen LogP contribution is -2.28. The zero-order valence-electron chi connectivity index (χ0n) is 13.9. The molecule has 0 radical (unpaired) electrons. The zero-order chi connectivity index (χ0) is 16.4. The Morgan fingerprint density at radius 3 is 2.38 bits per heavy atom. The minimum atomic E-state index is -0.231. The zero-order valence-corrected chi connectivity index (χ0v) is 13.9. The van der Waals surface area contributed by atoms with Gasteiger partial charge in [-0.15, -0.1) is 0 Å². The lowest BCUT2D eigenvalue weighted by Gasteiger charge is -2.20. The average Bonchev–Trinajstić information content (AvgIpc) is 2.46. The van der Waals surface area contributed by atoms with Gasteiger partial charge in [-0.1, -0.05) is 26.8 Å². The maximum Gasteiger partial charge on any atom is 0.320 e. The van der Waals surface area contributed by atoms with Crippen molar-refractivity contribution >= 4 is 17.3 Å². The number of rotatable bonds is 6. The third kappa shape index (κ3) is 6.04. The molecule has 5 heteroatoms. The first-order valence-electron chi connectivity index (χ1n) is 7.49. The fourth-order valence-corrected chi connectivity index (χ4v) is 2.00. The second-order valence-corrected chi connectivity index (χ2v) is 4.54. The van der Waals surface area contributed by atoms with E-state index >= 15 is 0 Å². The van der Waals surface area contributed by atoms with Crippen LogP contribution >= 0.6 is 0 Å². The molecule has 0 atom stereocenters. The molecule has 0 spiro atoms. The number of nitrogens with zero attached hydrogens (tertiary/aromatic N) is 1. The van der Waals surface area contributed by atoms with Crippen LogP contribution in [0.25, 0.3) is 0 Å². The van der Waals surface area contributed by atoms with Crippen molar-refractivity contribution in [3.63, 3.8) is 0 Å². The summed E-state index contributed by atoms with van der Waals surface area (Å²) in [7, 11) is 1.86. The number of likely N-dealkylation sites (N-methyl/N-ethyl adjacent to an activating group) is 1. The minimum Gasteiger partial charge on any atom is -0.465 e. The highest BCUT2D eigenvalue weighted by molar-refractivity contribution is 5.72. The molecule has 0 aliphatic carbocycles. The number of benzene rings is 1. The molecule has 0 saturated carbocycles. The van der Waals surface area contributed by atoms with Crippen molar-refractivity contribution < 1.29 is 9.53 Å². The summed E-state index contributed by atoms with van der Waals surface area (Å²) in [4.78, 5) is 13.3. The molecule has 0 aromatic heterocycles. The predicted molar refractivity (Wildman–Crippen MR) is 89.0 cm³/mol. The van der Waals surface area contributed by atoms with Crippen molar-refractivity contribution in [1.82, 2.24) is 4.90 Å². The van der Waals surface area contributed by atoms with E-state index in [1.807, 2.05) is 37.9 Å². The second kappa shape index (κ2) is 10.0. The van der Waals surface area contributed by atoms with Gasteiger partial charge in [0.05, 0.1) is 24.5 Å². The summed E-state index contributed by atoms with van der Waals surface area (Å²) in [5.41, 5.74) is 15.2. The van der Waals surface area contributed by atoms with E-state index in [0.717, 1.165) is 17.5 Å². The SMILES string of the molecule is CC.CCOC(=O)CN(C)Cc1c(CC)ccc(N)c1N. The van der Waals surface area contributed by atoms with Gasteiger partial charge in [-0.25, -0.2) is 0 Å². The molecule has 0 aliphatic heterocycles. The van der Waals surface area contributed by atoms with E-state index < -0.39 is 0 Å². The van der Waals surface area contributed by atoms with Crippen molar-refractivity contribution in [3.05, 3.63) is 23.3 Å². The minimum absolute atomic E-state index is 0.231. The maximum atomic E-state index is 11.4. The second-order valence-electron chi connectivity index (χ2n) is 4.54. The van der Waals surface area contributed by atoms with Gasteiger partial charge in [-0.2, -0.15) is 0 Å². The van der Waals surface area contributed by atoms with Crippen LogP contribution in [0.3, 0.4) is 0 Å². The molecule has 1 aromatic carbocycles. The van der Waals surface area contributed by atoms with Crippen LogP contribution in [0, 0.1) is 0 Å². The van der Waals surface area contributed by atoms with Gasteiger partial charge in [0.15, 0.2) is 0 Å². The summed E-state index contributed by atoms with van der Waals surface area (Å²) in [6.45, 7) is 9.08. The largest absolute Gasteiger partial charge is 0.465 e. The number of carbonyl (C=O) groups excluding carboxylic acids is 1. The molecule has 0 bridgehead atoms. The summed E-state index contributed by atoms with van der Waals surface area (Å²) >= 11 is 0. The Balaban J connectivity index is 0.00000191. The number of ether oxygens (including phenoxy) is 1. The third-order valence-corrected chi connectivity index (χ3v) is 3.00. The summed E-state index contributed by atoms with van der Waals surface area (Å²) in [5.74, 6) is -0.231.